The molecule has 0 saturated heterocycles. The maximum absolute atomic E-state index is 12.7. The second kappa shape index (κ2) is 9.10. The third-order valence-corrected chi connectivity index (χ3v) is 5.32. The molecule has 3 aromatic rings. The zero-order valence-corrected chi connectivity index (χ0v) is 18.3. The lowest BCUT2D eigenvalue weighted by Gasteiger charge is -2.07. The fourth-order valence-electron chi connectivity index (χ4n) is 3.39. The summed E-state index contributed by atoms with van der Waals surface area (Å²) in [5, 5.41) is 0. The Morgan fingerprint density at radius 1 is 0.969 bits per heavy atom. The van der Waals surface area contributed by atoms with Crippen LogP contribution < -0.4 is 14.2 Å². The van der Waals surface area contributed by atoms with Gasteiger partial charge in [0.1, 0.15) is 17.2 Å². The third kappa shape index (κ3) is 4.57. The van der Waals surface area contributed by atoms with Crippen molar-refractivity contribution in [2.45, 2.75) is 19.8 Å². The van der Waals surface area contributed by atoms with Gasteiger partial charge in [0.15, 0.2) is 18.1 Å². The number of hydrogen-bond donors (Lipinski definition) is 0. The van der Waals surface area contributed by atoms with Crippen LogP contribution in [0.2, 0.25) is 0 Å². The molecule has 1 aliphatic heterocycles. The van der Waals surface area contributed by atoms with Gasteiger partial charge in [0, 0.05) is 11.6 Å². The summed E-state index contributed by atoms with van der Waals surface area (Å²) >= 11 is 0. The van der Waals surface area contributed by atoms with Crippen molar-refractivity contribution in [2.75, 3.05) is 13.7 Å². The highest BCUT2D eigenvalue weighted by Gasteiger charge is 2.27. The van der Waals surface area contributed by atoms with Crippen LogP contribution in [0.1, 0.15) is 51.6 Å². The molecular formula is C27H24O5. The molecule has 3 aromatic carbocycles. The van der Waals surface area contributed by atoms with E-state index >= 15 is 0 Å². The van der Waals surface area contributed by atoms with E-state index in [1.165, 1.54) is 5.56 Å². The first-order valence-electron chi connectivity index (χ1n) is 10.4. The van der Waals surface area contributed by atoms with Crippen LogP contribution in [0.3, 0.4) is 0 Å². The molecule has 0 fully saturated rings. The van der Waals surface area contributed by atoms with Gasteiger partial charge in [0.25, 0.3) is 0 Å². The van der Waals surface area contributed by atoms with Gasteiger partial charge in [-0.25, -0.2) is 0 Å². The van der Waals surface area contributed by atoms with Gasteiger partial charge in [-0.05, 0) is 59.5 Å². The van der Waals surface area contributed by atoms with Gasteiger partial charge in [-0.2, -0.15) is 0 Å². The normalized spacial score (nSPS) is 13.8. The van der Waals surface area contributed by atoms with E-state index in [9.17, 15) is 9.59 Å². The zero-order chi connectivity index (χ0) is 22.7. The molecule has 0 aromatic heterocycles. The molecule has 5 heteroatoms. The van der Waals surface area contributed by atoms with Crippen molar-refractivity contribution in [1.82, 2.24) is 0 Å². The fraction of sp³-hybridized carbons (Fsp3) is 0.185. The number of carbonyl (C=O) groups excluding carboxylic acids is 2. The van der Waals surface area contributed by atoms with Crippen molar-refractivity contribution >= 4 is 17.6 Å². The molecule has 4 rings (SSSR count). The Kier molecular flexibility index (Phi) is 6.08. The van der Waals surface area contributed by atoms with Gasteiger partial charge in [0.05, 0.1) is 12.7 Å². The number of allylic oxidation sites excluding steroid dienone is 1. The van der Waals surface area contributed by atoms with Crippen molar-refractivity contribution in [3.63, 3.8) is 0 Å². The number of ether oxygens (including phenoxy) is 3. The Balaban J connectivity index is 1.43. The molecule has 0 spiro atoms. The van der Waals surface area contributed by atoms with E-state index in [1.54, 1.807) is 55.7 Å². The molecule has 0 N–H and O–H groups in total. The lowest BCUT2D eigenvalue weighted by molar-refractivity contribution is 0.0920. The third-order valence-electron chi connectivity index (χ3n) is 5.32. The molecular weight excluding hydrogens is 404 g/mol. The van der Waals surface area contributed by atoms with Crippen LogP contribution in [0.4, 0.5) is 0 Å². The van der Waals surface area contributed by atoms with Crippen LogP contribution >= 0.6 is 0 Å². The quantitative estimate of drug-likeness (QED) is 0.357. The Morgan fingerprint density at radius 3 is 2.31 bits per heavy atom. The standard InChI is InChI=1S/C27H24O5/c1-17(2)19-6-4-18(5-7-19)14-26-27(29)23-13-12-22(15-25(23)32-26)31-16-24(28)20-8-10-21(30-3)11-9-20/h4-15,17H,16H2,1-3H3/b26-14-. The molecule has 0 amide bonds. The van der Waals surface area contributed by atoms with Crippen molar-refractivity contribution in [3.8, 4) is 17.2 Å². The fourth-order valence-corrected chi connectivity index (χ4v) is 3.39. The molecule has 0 atom stereocenters. The maximum Gasteiger partial charge on any atom is 0.231 e. The summed E-state index contributed by atoms with van der Waals surface area (Å²) in [7, 11) is 1.57. The molecule has 32 heavy (non-hydrogen) atoms. The van der Waals surface area contributed by atoms with Crippen LogP contribution in [-0.4, -0.2) is 25.3 Å². The number of fused-ring (bicyclic) bond motifs is 1. The zero-order valence-electron chi connectivity index (χ0n) is 18.3. The number of hydrogen-bond acceptors (Lipinski definition) is 5. The summed E-state index contributed by atoms with van der Waals surface area (Å²) in [6, 6.07) is 19.9. The molecule has 1 aliphatic rings. The van der Waals surface area contributed by atoms with E-state index in [1.807, 2.05) is 12.1 Å². The number of ketones is 2. The minimum absolute atomic E-state index is 0.121. The first-order chi connectivity index (χ1) is 15.4. The van der Waals surface area contributed by atoms with Crippen molar-refractivity contribution in [2.24, 2.45) is 0 Å². The van der Waals surface area contributed by atoms with Crippen LogP contribution in [-0.2, 0) is 0 Å². The smallest absolute Gasteiger partial charge is 0.231 e. The van der Waals surface area contributed by atoms with E-state index in [4.69, 9.17) is 14.2 Å². The summed E-state index contributed by atoms with van der Waals surface area (Å²) in [6.07, 6.45) is 1.74. The lowest BCUT2D eigenvalue weighted by atomic mass is 10.0. The Bertz CT molecular complexity index is 1170. The summed E-state index contributed by atoms with van der Waals surface area (Å²) < 4.78 is 16.5. The van der Waals surface area contributed by atoms with Crippen molar-refractivity contribution < 1.29 is 23.8 Å². The second-order valence-electron chi connectivity index (χ2n) is 7.86. The molecule has 0 bridgehead atoms. The molecule has 0 aliphatic carbocycles. The van der Waals surface area contributed by atoms with Gasteiger partial charge < -0.3 is 14.2 Å². The van der Waals surface area contributed by atoms with Crippen LogP contribution in [0.15, 0.2) is 72.5 Å². The van der Waals surface area contributed by atoms with Crippen LogP contribution in [0, 0.1) is 0 Å². The van der Waals surface area contributed by atoms with Gasteiger partial charge >= 0.3 is 0 Å². The van der Waals surface area contributed by atoms with E-state index in [-0.39, 0.29) is 23.9 Å². The lowest BCUT2D eigenvalue weighted by Crippen LogP contribution is -2.11. The van der Waals surface area contributed by atoms with E-state index in [0.717, 1.165) is 5.56 Å². The number of carbonyl (C=O) groups is 2. The van der Waals surface area contributed by atoms with Crippen molar-refractivity contribution in [1.29, 1.82) is 0 Å². The Morgan fingerprint density at radius 2 is 1.66 bits per heavy atom. The van der Waals surface area contributed by atoms with Crippen molar-refractivity contribution in [3.05, 3.63) is 94.7 Å². The van der Waals surface area contributed by atoms with Gasteiger partial charge in [-0.15, -0.1) is 0 Å². The SMILES string of the molecule is COc1ccc(C(=O)COc2ccc3c(c2)O/C(=C\c2ccc(C(C)C)cc2)C3=O)cc1. The first kappa shape index (κ1) is 21.4. The molecule has 0 unspecified atom stereocenters. The predicted octanol–water partition coefficient (Wildman–Crippen LogP) is 5.70. The van der Waals surface area contributed by atoms with E-state index in [0.29, 0.717) is 34.3 Å². The Hall–Kier alpha value is -3.86. The molecule has 1 heterocycles. The van der Waals surface area contributed by atoms with Crippen LogP contribution in [0.25, 0.3) is 6.08 Å². The molecule has 5 nitrogen and oxygen atoms in total. The number of Topliss-reactive ketones (excluding diaryl/α,β-unsaturated/α-hetero) is 2. The topological polar surface area (TPSA) is 61.8 Å². The predicted molar refractivity (Wildman–Crippen MR) is 123 cm³/mol. The first-order valence-corrected chi connectivity index (χ1v) is 10.4. The Labute approximate surface area is 187 Å². The number of rotatable bonds is 7. The highest BCUT2D eigenvalue weighted by molar-refractivity contribution is 6.14. The monoisotopic (exact) mass is 428 g/mol. The summed E-state index contributed by atoms with van der Waals surface area (Å²) in [5.41, 5.74) is 3.14. The minimum atomic E-state index is -0.172. The summed E-state index contributed by atoms with van der Waals surface area (Å²) in [6.45, 7) is 4.15. The largest absolute Gasteiger partial charge is 0.497 e. The average Bonchev–Trinajstić information content (AvgIpc) is 3.12. The van der Waals surface area contributed by atoms with Gasteiger partial charge in [0.2, 0.25) is 5.78 Å². The van der Waals surface area contributed by atoms with E-state index in [2.05, 4.69) is 26.0 Å². The molecule has 0 radical (unpaired) electrons. The van der Waals surface area contributed by atoms with Crippen LogP contribution in [0.5, 0.6) is 17.2 Å². The summed E-state index contributed by atoms with van der Waals surface area (Å²) in [5.74, 6) is 1.95. The van der Waals surface area contributed by atoms with E-state index < -0.39 is 0 Å². The van der Waals surface area contributed by atoms with Gasteiger partial charge in [-0.1, -0.05) is 38.1 Å². The van der Waals surface area contributed by atoms with Gasteiger partial charge in [-0.3, -0.25) is 9.59 Å². The second-order valence-corrected chi connectivity index (χ2v) is 7.86. The molecule has 162 valence electrons. The number of methoxy groups -OCH3 is 1. The average molecular weight is 428 g/mol. The summed E-state index contributed by atoms with van der Waals surface area (Å²) in [4.78, 5) is 25.1. The number of benzene rings is 3. The highest BCUT2D eigenvalue weighted by Crippen LogP contribution is 2.35. The maximum atomic E-state index is 12.7. The minimum Gasteiger partial charge on any atom is -0.497 e. The molecule has 0 saturated carbocycles. The highest BCUT2D eigenvalue weighted by atomic mass is 16.5.